The molecule has 34 heavy (non-hydrogen) atoms. The molecule has 1 amide bonds. The van der Waals surface area contributed by atoms with Crippen molar-refractivity contribution in [2.45, 2.75) is 61.9 Å². The molecule has 2 bridgehead atoms. The largest absolute Gasteiger partial charge is 0.444 e. The first kappa shape index (κ1) is 22.8. The van der Waals surface area contributed by atoms with E-state index in [1.54, 1.807) is 49.9 Å². The molecule has 0 spiro atoms. The standard InChI is InChI=1S/C27H29NO5S/c1-16-10-12-18(13-11-16)34(31,32)22-15-21-20-14-19(17-8-6-5-7-9-17)25(29)23(20)24(22)28(21)26(30)33-27(2,3)4/h5-14,20-24H,15H2,1-4H3/t20-,21+,22-,23-,24-/m1/s1. The van der Waals surface area contributed by atoms with E-state index in [-0.39, 0.29) is 23.0 Å². The van der Waals surface area contributed by atoms with Crippen LogP contribution >= 0.6 is 0 Å². The number of hydrogen-bond donors (Lipinski definition) is 0. The fourth-order valence-corrected chi connectivity index (χ4v) is 7.73. The average molecular weight is 480 g/mol. The number of rotatable bonds is 3. The molecule has 2 aromatic rings. The van der Waals surface area contributed by atoms with E-state index in [2.05, 4.69) is 0 Å². The summed E-state index contributed by atoms with van der Waals surface area (Å²) in [6.07, 6.45) is 1.67. The Hall–Kier alpha value is -2.93. The van der Waals surface area contributed by atoms with Crippen molar-refractivity contribution in [2.24, 2.45) is 11.8 Å². The first-order valence-corrected chi connectivity index (χ1v) is 13.2. The number of carbonyl (C=O) groups excluding carboxylic acids is 2. The number of allylic oxidation sites excluding steroid dienone is 1. The van der Waals surface area contributed by atoms with Crippen LogP contribution in [0.15, 0.2) is 65.6 Å². The van der Waals surface area contributed by atoms with Crippen molar-refractivity contribution in [2.75, 3.05) is 0 Å². The molecule has 0 aromatic heterocycles. The second-order valence-electron chi connectivity index (χ2n) is 10.5. The van der Waals surface area contributed by atoms with E-state index in [1.165, 1.54) is 0 Å². The van der Waals surface area contributed by atoms with Gasteiger partial charge in [-0.05, 0) is 51.8 Å². The van der Waals surface area contributed by atoms with Crippen LogP contribution in [0.1, 0.15) is 38.3 Å². The lowest BCUT2D eigenvalue weighted by molar-refractivity contribution is -0.118. The third-order valence-corrected chi connectivity index (χ3v) is 9.32. The number of amides is 1. The maximum absolute atomic E-state index is 13.7. The SMILES string of the molecule is Cc1ccc(S(=O)(=O)[C@@H]2C[C@H]3[C@H]4C=C(c5ccccc5)C(=O)[C@H]4[C@@H]2N3C(=O)OC(C)(C)C)cc1. The zero-order valence-corrected chi connectivity index (χ0v) is 20.6. The Bertz CT molecular complexity index is 1270. The highest BCUT2D eigenvalue weighted by molar-refractivity contribution is 7.92. The molecule has 2 aromatic carbocycles. The summed E-state index contributed by atoms with van der Waals surface area (Å²) in [7, 11) is -3.77. The van der Waals surface area contributed by atoms with Gasteiger partial charge in [-0.3, -0.25) is 9.69 Å². The average Bonchev–Trinajstić information content (AvgIpc) is 3.42. The summed E-state index contributed by atoms with van der Waals surface area (Å²) < 4.78 is 33.1. The molecule has 0 unspecified atom stereocenters. The molecule has 178 valence electrons. The summed E-state index contributed by atoms with van der Waals surface area (Å²) in [5, 5.41) is -0.860. The third-order valence-electron chi connectivity index (χ3n) is 7.12. The Morgan fingerprint density at radius 2 is 1.68 bits per heavy atom. The molecule has 2 saturated heterocycles. The Morgan fingerprint density at radius 1 is 1.03 bits per heavy atom. The number of fused-ring (bicyclic) bond motifs is 5. The molecular formula is C27H29NO5S. The van der Waals surface area contributed by atoms with Gasteiger partial charge in [0.2, 0.25) is 0 Å². The number of hydrogen-bond acceptors (Lipinski definition) is 5. The van der Waals surface area contributed by atoms with E-state index in [0.29, 0.717) is 5.57 Å². The van der Waals surface area contributed by atoms with Crippen LogP contribution in [-0.4, -0.2) is 48.1 Å². The fourth-order valence-electron chi connectivity index (χ4n) is 5.74. The molecule has 2 heterocycles. The van der Waals surface area contributed by atoms with E-state index in [4.69, 9.17) is 4.74 Å². The van der Waals surface area contributed by atoms with Gasteiger partial charge in [0, 0.05) is 17.5 Å². The maximum Gasteiger partial charge on any atom is 0.410 e. The molecule has 1 aliphatic carbocycles. The van der Waals surface area contributed by atoms with Crippen molar-refractivity contribution in [1.29, 1.82) is 0 Å². The topological polar surface area (TPSA) is 80.8 Å². The summed E-state index contributed by atoms with van der Waals surface area (Å²) in [6.45, 7) is 7.24. The molecule has 0 N–H and O–H groups in total. The van der Waals surface area contributed by atoms with Crippen molar-refractivity contribution >= 4 is 27.3 Å². The van der Waals surface area contributed by atoms with Crippen molar-refractivity contribution < 1.29 is 22.7 Å². The Balaban J connectivity index is 1.56. The Kier molecular flexibility index (Phi) is 5.24. The number of sulfone groups is 1. The van der Waals surface area contributed by atoms with Gasteiger partial charge in [0.1, 0.15) is 5.60 Å². The Labute approximate surface area is 200 Å². The lowest BCUT2D eigenvalue weighted by Crippen LogP contribution is -2.47. The highest BCUT2D eigenvalue weighted by atomic mass is 32.2. The van der Waals surface area contributed by atoms with Gasteiger partial charge in [0.25, 0.3) is 0 Å². The summed E-state index contributed by atoms with van der Waals surface area (Å²) in [5.41, 5.74) is 1.67. The lowest BCUT2D eigenvalue weighted by Gasteiger charge is -2.30. The molecular weight excluding hydrogens is 450 g/mol. The minimum atomic E-state index is -3.77. The number of Topliss-reactive ketones (excluding diaryl/α,β-unsaturated/α-hetero) is 1. The maximum atomic E-state index is 13.7. The van der Waals surface area contributed by atoms with Crippen molar-refractivity contribution in [1.82, 2.24) is 4.90 Å². The van der Waals surface area contributed by atoms with Gasteiger partial charge in [-0.15, -0.1) is 0 Å². The Morgan fingerprint density at radius 3 is 2.29 bits per heavy atom. The molecule has 2 aliphatic heterocycles. The van der Waals surface area contributed by atoms with Crippen LogP contribution in [-0.2, 0) is 19.4 Å². The highest BCUT2D eigenvalue weighted by Crippen LogP contribution is 2.55. The van der Waals surface area contributed by atoms with E-state index in [1.807, 2.05) is 43.3 Å². The van der Waals surface area contributed by atoms with Gasteiger partial charge >= 0.3 is 6.09 Å². The monoisotopic (exact) mass is 479 g/mol. The van der Waals surface area contributed by atoms with Gasteiger partial charge in [-0.2, -0.15) is 0 Å². The first-order valence-electron chi connectivity index (χ1n) is 11.6. The number of ether oxygens (including phenoxy) is 1. The summed E-state index contributed by atoms with van der Waals surface area (Å²) in [4.78, 5) is 28.7. The van der Waals surface area contributed by atoms with Gasteiger partial charge in [0.15, 0.2) is 15.6 Å². The molecule has 5 rings (SSSR count). The second kappa shape index (κ2) is 7.80. The number of ketones is 1. The van der Waals surface area contributed by atoms with Crippen LogP contribution < -0.4 is 0 Å². The molecule has 0 saturated carbocycles. The van der Waals surface area contributed by atoms with Crippen LogP contribution in [0.4, 0.5) is 4.79 Å². The zero-order chi connectivity index (χ0) is 24.4. The van der Waals surface area contributed by atoms with Crippen molar-refractivity contribution in [3.05, 3.63) is 71.8 Å². The quantitative estimate of drug-likeness (QED) is 0.651. The minimum Gasteiger partial charge on any atom is -0.444 e. The summed E-state index contributed by atoms with van der Waals surface area (Å²) in [5.74, 6) is -0.905. The molecule has 5 atom stereocenters. The van der Waals surface area contributed by atoms with Crippen LogP contribution in [0.3, 0.4) is 0 Å². The normalized spacial score (nSPS) is 28.1. The molecule has 6 nitrogen and oxygen atoms in total. The smallest absolute Gasteiger partial charge is 0.410 e. The number of nitrogens with zero attached hydrogens (tertiary/aromatic N) is 1. The number of carbonyl (C=O) groups is 2. The van der Waals surface area contributed by atoms with Gasteiger partial charge in [-0.1, -0.05) is 54.1 Å². The predicted molar refractivity (Wildman–Crippen MR) is 129 cm³/mol. The van der Waals surface area contributed by atoms with E-state index >= 15 is 0 Å². The van der Waals surface area contributed by atoms with E-state index in [9.17, 15) is 18.0 Å². The summed E-state index contributed by atoms with van der Waals surface area (Å²) in [6, 6.07) is 15.0. The van der Waals surface area contributed by atoms with Crippen molar-refractivity contribution in [3.8, 4) is 0 Å². The van der Waals surface area contributed by atoms with Crippen LogP contribution in [0.5, 0.6) is 0 Å². The predicted octanol–water partition coefficient (Wildman–Crippen LogP) is 4.43. The zero-order valence-electron chi connectivity index (χ0n) is 19.8. The van der Waals surface area contributed by atoms with E-state index < -0.39 is 44.8 Å². The van der Waals surface area contributed by atoms with Gasteiger partial charge < -0.3 is 4.74 Å². The van der Waals surface area contributed by atoms with Crippen molar-refractivity contribution in [3.63, 3.8) is 0 Å². The van der Waals surface area contributed by atoms with Gasteiger partial charge in [-0.25, -0.2) is 13.2 Å². The highest BCUT2D eigenvalue weighted by Gasteiger charge is 2.66. The molecule has 7 heteroatoms. The van der Waals surface area contributed by atoms with Gasteiger partial charge in [0.05, 0.1) is 22.1 Å². The van der Waals surface area contributed by atoms with Crippen LogP contribution in [0.2, 0.25) is 0 Å². The lowest BCUT2D eigenvalue weighted by atomic mass is 9.80. The van der Waals surface area contributed by atoms with E-state index in [0.717, 1.165) is 11.1 Å². The minimum absolute atomic E-state index is 0.0962. The second-order valence-corrected chi connectivity index (χ2v) is 12.7. The fraction of sp³-hybridized carbons (Fsp3) is 0.407. The molecule has 2 fully saturated rings. The van der Waals surface area contributed by atoms with Crippen LogP contribution in [0.25, 0.3) is 5.57 Å². The third kappa shape index (κ3) is 3.57. The first-order chi connectivity index (χ1) is 16.0. The number of benzene rings is 2. The summed E-state index contributed by atoms with van der Waals surface area (Å²) >= 11 is 0. The molecule has 0 radical (unpaired) electrons. The number of aryl methyl sites for hydroxylation is 1. The molecule has 3 aliphatic rings. The van der Waals surface area contributed by atoms with Crippen LogP contribution in [0, 0.1) is 18.8 Å².